The molecule has 1 aliphatic heterocycles. The van der Waals surface area contributed by atoms with Gasteiger partial charge in [0.25, 0.3) is 5.56 Å². The number of rotatable bonds is 6. The average molecular weight is 467 g/mol. The van der Waals surface area contributed by atoms with Crippen LogP contribution in [0.3, 0.4) is 0 Å². The van der Waals surface area contributed by atoms with E-state index in [0.29, 0.717) is 28.0 Å². The summed E-state index contributed by atoms with van der Waals surface area (Å²) in [6.07, 6.45) is 3.14. The highest BCUT2D eigenvalue weighted by molar-refractivity contribution is 7.89. The molecule has 0 saturated carbocycles. The maximum absolute atomic E-state index is 13.4. The average Bonchev–Trinajstić information content (AvgIpc) is 3.26. The third kappa shape index (κ3) is 4.18. The molecule has 3 heterocycles. The van der Waals surface area contributed by atoms with E-state index in [-0.39, 0.29) is 30.3 Å². The minimum absolute atomic E-state index is 0.0217. The molecule has 5 rings (SSSR count). The first-order valence-corrected chi connectivity index (χ1v) is 11.4. The topological polar surface area (TPSA) is 102 Å². The Balaban J connectivity index is 1.56. The molecule has 4 aromatic rings. The normalized spacial score (nSPS) is 13.0. The van der Waals surface area contributed by atoms with Gasteiger partial charge in [-0.15, -0.1) is 0 Å². The van der Waals surface area contributed by atoms with E-state index in [1.54, 1.807) is 42.7 Å². The minimum atomic E-state index is -4.05. The molecule has 0 saturated heterocycles. The van der Waals surface area contributed by atoms with Crippen LogP contribution in [0.15, 0.2) is 76.7 Å². The second kappa shape index (κ2) is 8.30. The number of nitrogens with one attached hydrogen (secondary N) is 1. The van der Waals surface area contributed by atoms with Crippen molar-refractivity contribution in [1.82, 2.24) is 14.3 Å². The number of halogens is 1. The molecule has 10 heteroatoms. The second-order valence-corrected chi connectivity index (χ2v) is 9.44. The van der Waals surface area contributed by atoms with Gasteiger partial charge in [-0.05, 0) is 48.0 Å². The molecule has 0 fully saturated rings. The standard InChI is InChI=1S/C23H18FN3O5S/c24-18-3-5-19(6-4-18)33(29,30)27(12-15-2-1-7-25-11-15)13-17-8-16-9-21-22(32-14-31-21)10-20(16)26-23(17)28/h1-11H,12-14H2,(H,26,28). The van der Waals surface area contributed by atoms with Crippen LogP contribution in [0.2, 0.25) is 0 Å². The number of hydrogen-bond donors (Lipinski definition) is 1. The van der Waals surface area contributed by atoms with Gasteiger partial charge in [0, 0.05) is 42.5 Å². The molecular weight excluding hydrogens is 449 g/mol. The Morgan fingerprint density at radius 2 is 1.79 bits per heavy atom. The lowest BCUT2D eigenvalue weighted by Gasteiger charge is -2.22. The summed E-state index contributed by atoms with van der Waals surface area (Å²) in [6.45, 7) is -0.127. The number of pyridine rings is 2. The number of nitrogens with zero attached hydrogens (tertiary/aromatic N) is 2. The van der Waals surface area contributed by atoms with E-state index in [9.17, 15) is 17.6 Å². The van der Waals surface area contributed by atoms with Crippen molar-refractivity contribution in [3.8, 4) is 11.5 Å². The smallest absolute Gasteiger partial charge is 0.252 e. The van der Waals surface area contributed by atoms with E-state index in [4.69, 9.17) is 9.47 Å². The molecule has 0 aliphatic carbocycles. The fraction of sp³-hybridized carbons (Fsp3) is 0.130. The molecule has 0 spiro atoms. The van der Waals surface area contributed by atoms with E-state index in [2.05, 4.69) is 9.97 Å². The van der Waals surface area contributed by atoms with Crippen LogP contribution in [-0.4, -0.2) is 29.5 Å². The first-order valence-electron chi connectivity index (χ1n) is 10.0. The van der Waals surface area contributed by atoms with Crippen molar-refractivity contribution in [3.05, 3.63) is 94.3 Å². The molecular formula is C23H18FN3O5S. The third-order valence-electron chi connectivity index (χ3n) is 5.29. The lowest BCUT2D eigenvalue weighted by molar-refractivity contribution is 0.174. The van der Waals surface area contributed by atoms with Crippen molar-refractivity contribution in [2.45, 2.75) is 18.0 Å². The van der Waals surface area contributed by atoms with Crippen molar-refractivity contribution in [1.29, 1.82) is 0 Å². The molecule has 1 N–H and O–H groups in total. The Labute approximate surface area is 188 Å². The second-order valence-electron chi connectivity index (χ2n) is 7.50. The van der Waals surface area contributed by atoms with E-state index < -0.39 is 21.4 Å². The number of aromatic amines is 1. The van der Waals surface area contributed by atoms with Crippen LogP contribution >= 0.6 is 0 Å². The molecule has 8 nitrogen and oxygen atoms in total. The highest BCUT2D eigenvalue weighted by Crippen LogP contribution is 2.35. The Kier molecular flexibility index (Phi) is 5.31. The first kappa shape index (κ1) is 21.1. The van der Waals surface area contributed by atoms with Crippen LogP contribution < -0.4 is 15.0 Å². The van der Waals surface area contributed by atoms with Crippen LogP contribution in [0.25, 0.3) is 10.9 Å². The fourth-order valence-electron chi connectivity index (χ4n) is 3.63. The number of fused-ring (bicyclic) bond motifs is 2. The summed E-state index contributed by atoms with van der Waals surface area (Å²) in [5.41, 5.74) is 1.01. The van der Waals surface area contributed by atoms with Crippen molar-refractivity contribution in [3.63, 3.8) is 0 Å². The largest absolute Gasteiger partial charge is 0.454 e. The highest BCUT2D eigenvalue weighted by atomic mass is 32.2. The third-order valence-corrected chi connectivity index (χ3v) is 7.10. The van der Waals surface area contributed by atoms with E-state index >= 15 is 0 Å². The molecule has 0 radical (unpaired) electrons. The molecule has 0 unspecified atom stereocenters. The molecule has 168 valence electrons. The van der Waals surface area contributed by atoms with Crippen molar-refractivity contribution in [2.24, 2.45) is 0 Å². The van der Waals surface area contributed by atoms with E-state index in [1.807, 2.05) is 0 Å². The lowest BCUT2D eigenvalue weighted by Crippen LogP contribution is -2.32. The Morgan fingerprint density at radius 1 is 1.03 bits per heavy atom. The molecule has 1 aliphatic rings. The summed E-state index contributed by atoms with van der Waals surface area (Å²) in [5, 5.41) is 0.675. The molecule has 2 aromatic heterocycles. The van der Waals surface area contributed by atoms with Gasteiger partial charge in [-0.1, -0.05) is 6.07 Å². The molecule has 0 bridgehead atoms. The van der Waals surface area contributed by atoms with Crippen LogP contribution in [0.1, 0.15) is 11.1 Å². The number of benzene rings is 2. The van der Waals surface area contributed by atoms with E-state index in [1.165, 1.54) is 16.4 Å². The quantitative estimate of drug-likeness (QED) is 0.467. The SMILES string of the molecule is O=c1[nH]c2cc3c(cc2cc1CN(Cc1cccnc1)S(=O)(=O)c1ccc(F)cc1)OCO3. The summed E-state index contributed by atoms with van der Waals surface area (Å²) in [6, 6.07) is 13.0. The fourth-order valence-corrected chi connectivity index (χ4v) is 5.03. The van der Waals surface area contributed by atoms with Crippen molar-refractivity contribution in [2.75, 3.05) is 6.79 Å². The number of sulfonamides is 1. The minimum Gasteiger partial charge on any atom is -0.454 e. The van der Waals surface area contributed by atoms with Crippen molar-refractivity contribution >= 4 is 20.9 Å². The molecule has 0 atom stereocenters. The van der Waals surface area contributed by atoms with Gasteiger partial charge in [-0.25, -0.2) is 12.8 Å². The van der Waals surface area contributed by atoms with Gasteiger partial charge < -0.3 is 14.5 Å². The summed E-state index contributed by atoms with van der Waals surface area (Å²) in [7, 11) is -4.05. The highest BCUT2D eigenvalue weighted by Gasteiger charge is 2.26. The van der Waals surface area contributed by atoms with Gasteiger partial charge in [-0.2, -0.15) is 4.31 Å². The maximum Gasteiger partial charge on any atom is 0.252 e. The number of hydrogen-bond acceptors (Lipinski definition) is 6. The van der Waals surface area contributed by atoms with Gasteiger partial charge in [0.1, 0.15) is 5.82 Å². The summed E-state index contributed by atoms with van der Waals surface area (Å²) in [5.74, 6) is 0.534. The van der Waals surface area contributed by atoms with Crippen molar-refractivity contribution < 1.29 is 22.3 Å². The van der Waals surface area contributed by atoms with Gasteiger partial charge in [0.05, 0.1) is 10.4 Å². The zero-order chi connectivity index (χ0) is 23.0. The molecule has 33 heavy (non-hydrogen) atoms. The summed E-state index contributed by atoms with van der Waals surface area (Å²) in [4.78, 5) is 19.6. The van der Waals surface area contributed by atoms with Crippen LogP contribution in [0.5, 0.6) is 11.5 Å². The van der Waals surface area contributed by atoms with Crippen LogP contribution in [-0.2, 0) is 23.1 Å². The Bertz CT molecular complexity index is 1490. The molecule has 0 amide bonds. The Hall–Kier alpha value is -3.76. The Morgan fingerprint density at radius 3 is 2.52 bits per heavy atom. The zero-order valence-corrected chi connectivity index (χ0v) is 18.0. The van der Waals surface area contributed by atoms with Crippen LogP contribution in [0.4, 0.5) is 4.39 Å². The molecule has 2 aromatic carbocycles. The zero-order valence-electron chi connectivity index (χ0n) is 17.2. The predicted molar refractivity (Wildman–Crippen MR) is 118 cm³/mol. The monoisotopic (exact) mass is 467 g/mol. The van der Waals surface area contributed by atoms with Gasteiger partial charge in [0.15, 0.2) is 11.5 Å². The van der Waals surface area contributed by atoms with Gasteiger partial charge in [0.2, 0.25) is 16.8 Å². The number of ether oxygens (including phenoxy) is 2. The summed E-state index contributed by atoms with van der Waals surface area (Å²) >= 11 is 0. The summed E-state index contributed by atoms with van der Waals surface area (Å²) < 4.78 is 52.1. The lowest BCUT2D eigenvalue weighted by atomic mass is 10.1. The van der Waals surface area contributed by atoms with Gasteiger partial charge >= 0.3 is 0 Å². The van der Waals surface area contributed by atoms with Gasteiger partial charge in [-0.3, -0.25) is 9.78 Å². The van der Waals surface area contributed by atoms with Crippen LogP contribution in [0, 0.1) is 5.82 Å². The predicted octanol–water partition coefficient (Wildman–Crippen LogP) is 3.18. The number of aromatic nitrogens is 2. The van der Waals surface area contributed by atoms with E-state index in [0.717, 1.165) is 12.1 Å². The number of H-pyrrole nitrogens is 1. The first-order chi connectivity index (χ1) is 15.9. The maximum atomic E-state index is 13.4.